The Morgan fingerprint density at radius 2 is 1.81 bits per heavy atom. The molecule has 0 aliphatic carbocycles. The monoisotopic (exact) mass is 504 g/mol. The number of fused-ring (bicyclic) bond motifs is 1. The Labute approximate surface area is 212 Å². The predicted octanol–water partition coefficient (Wildman–Crippen LogP) is 5.76. The number of aromatic nitrogens is 3. The van der Waals surface area contributed by atoms with Crippen LogP contribution in [0.5, 0.6) is 11.6 Å². The third-order valence-electron chi connectivity index (χ3n) is 5.74. The molecule has 2 heterocycles. The molecule has 0 fully saturated rings. The van der Waals surface area contributed by atoms with Gasteiger partial charge in [-0.3, -0.25) is 14.6 Å². The molecule has 4 aromatic rings. The van der Waals surface area contributed by atoms with Crippen molar-refractivity contribution < 1.29 is 23.1 Å². The molecule has 2 aromatic carbocycles. The molecule has 7 nitrogen and oxygen atoms in total. The summed E-state index contributed by atoms with van der Waals surface area (Å²) >= 11 is 0. The van der Waals surface area contributed by atoms with E-state index >= 15 is 0 Å². The molecule has 1 N–H and O–H groups in total. The number of hydrogen-bond donors (Lipinski definition) is 1. The van der Waals surface area contributed by atoms with Gasteiger partial charge in [0.2, 0.25) is 11.8 Å². The number of pyridine rings is 1. The Balaban J connectivity index is 1.63. The van der Waals surface area contributed by atoms with Crippen molar-refractivity contribution in [2.45, 2.75) is 40.2 Å². The molecular formula is C28H26F2N4O3. The van der Waals surface area contributed by atoms with E-state index in [1.165, 1.54) is 18.6 Å². The maximum atomic E-state index is 13.7. The van der Waals surface area contributed by atoms with Crippen LogP contribution < -0.4 is 10.1 Å². The van der Waals surface area contributed by atoms with Gasteiger partial charge in [0.15, 0.2) is 5.78 Å². The second-order valence-electron chi connectivity index (χ2n) is 8.96. The zero-order chi connectivity index (χ0) is 26.5. The number of alkyl halides is 2. The van der Waals surface area contributed by atoms with Crippen molar-refractivity contribution in [3.05, 3.63) is 89.0 Å². The van der Waals surface area contributed by atoms with Gasteiger partial charge in [-0.25, -0.2) is 18.7 Å². The van der Waals surface area contributed by atoms with Crippen molar-refractivity contribution in [2.75, 3.05) is 0 Å². The number of amides is 1. The SMILES string of the molecule is Cc1cccc(Oc2ncnc3c(CC(=O)c4cc(CNC(=O)C(C)C)cnc4C(F)F)cccc23)c1. The molecule has 0 bridgehead atoms. The van der Waals surface area contributed by atoms with Gasteiger partial charge in [-0.2, -0.15) is 0 Å². The highest BCUT2D eigenvalue weighted by Gasteiger charge is 2.22. The number of para-hydroxylation sites is 1. The molecule has 4 rings (SSSR count). The summed E-state index contributed by atoms with van der Waals surface area (Å²) in [6.45, 7) is 5.51. The normalized spacial score (nSPS) is 11.2. The molecule has 0 saturated carbocycles. The topological polar surface area (TPSA) is 94.1 Å². The fourth-order valence-electron chi connectivity index (χ4n) is 3.81. The first-order valence-electron chi connectivity index (χ1n) is 11.8. The van der Waals surface area contributed by atoms with Crippen LogP contribution in [0.25, 0.3) is 10.9 Å². The summed E-state index contributed by atoms with van der Waals surface area (Å²) in [6, 6.07) is 14.1. The molecule has 2 aromatic heterocycles. The highest BCUT2D eigenvalue weighted by atomic mass is 19.3. The zero-order valence-electron chi connectivity index (χ0n) is 20.7. The molecule has 190 valence electrons. The minimum absolute atomic E-state index is 0.0783. The lowest BCUT2D eigenvalue weighted by Gasteiger charge is -2.13. The maximum Gasteiger partial charge on any atom is 0.281 e. The molecule has 9 heteroatoms. The number of halogens is 2. The van der Waals surface area contributed by atoms with Crippen molar-refractivity contribution in [2.24, 2.45) is 5.92 Å². The van der Waals surface area contributed by atoms with Crippen molar-refractivity contribution in [3.63, 3.8) is 0 Å². The molecule has 1 amide bonds. The van der Waals surface area contributed by atoms with Gasteiger partial charge in [0.1, 0.15) is 17.8 Å². The number of nitrogens with one attached hydrogen (secondary N) is 1. The van der Waals surface area contributed by atoms with Gasteiger partial charge < -0.3 is 10.1 Å². The fourth-order valence-corrected chi connectivity index (χ4v) is 3.81. The average molecular weight is 505 g/mol. The number of ketones is 1. The molecule has 0 radical (unpaired) electrons. The van der Waals surface area contributed by atoms with E-state index in [4.69, 9.17) is 4.74 Å². The van der Waals surface area contributed by atoms with Crippen LogP contribution in [-0.2, 0) is 17.8 Å². The van der Waals surface area contributed by atoms with Crippen LogP contribution in [0, 0.1) is 12.8 Å². The summed E-state index contributed by atoms with van der Waals surface area (Å²) in [5.41, 5.74) is 1.72. The van der Waals surface area contributed by atoms with E-state index in [1.54, 1.807) is 32.0 Å². The summed E-state index contributed by atoms with van der Waals surface area (Å²) < 4.78 is 33.4. The zero-order valence-corrected chi connectivity index (χ0v) is 20.7. The minimum Gasteiger partial charge on any atom is -0.438 e. The van der Waals surface area contributed by atoms with Crippen LogP contribution in [-0.4, -0.2) is 26.6 Å². The molecule has 0 aliphatic heterocycles. The summed E-state index contributed by atoms with van der Waals surface area (Å²) in [5.74, 6) is -0.0298. The Morgan fingerprint density at radius 3 is 2.54 bits per heavy atom. The van der Waals surface area contributed by atoms with Crippen molar-refractivity contribution in [1.29, 1.82) is 0 Å². The Morgan fingerprint density at radius 1 is 1.03 bits per heavy atom. The average Bonchev–Trinajstić information content (AvgIpc) is 2.87. The minimum atomic E-state index is -2.93. The second kappa shape index (κ2) is 11.2. The van der Waals surface area contributed by atoms with Gasteiger partial charge in [-0.05, 0) is 47.9 Å². The summed E-state index contributed by atoms with van der Waals surface area (Å²) in [7, 11) is 0. The quantitative estimate of drug-likeness (QED) is 0.291. The third kappa shape index (κ3) is 6.11. The lowest BCUT2D eigenvalue weighted by atomic mass is 9.98. The van der Waals surface area contributed by atoms with Gasteiger partial charge in [0.25, 0.3) is 6.43 Å². The number of aryl methyl sites for hydroxylation is 1. The van der Waals surface area contributed by atoms with Crippen LogP contribution in [0.4, 0.5) is 8.78 Å². The number of Topliss-reactive ketones (excluding diaryl/α,β-unsaturated/α-hetero) is 1. The number of ether oxygens (including phenoxy) is 1. The third-order valence-corrected chi connectivity index (χ3v) is 5.74. The summed E-state index contributed by atoms with van der Waals surface area (Å²) in [5, 5.41) is 3.30. The number of carbonyl (C=O) groups is 2. The summed E-state index contributed by atoms with van der Waals surface area (Å²) in [4.78, 5) is 37.6. The van der Waals surface area contributed by atoms with E-state index in [1.807, 2.05) is 31.2 Å². The van der Waals surface area contributed by atoms with Crippen LogP contribution in [0.15, 0.2) is 61.1 Å². The Kier molecular flexibility index (Phi) is 7.81. The highest BCUT2D eigenvalue weighted by Crippen LogP contribution is 2.30. The van der Waals surface area contributed by atoms with E-state index in [0.29, 0.717) is 33.7 Å². The maximum absolute atomic E-state index is 13.7. The van der Waals surface area contributed by atoms with Crippen LogP contribution in [0.3, 0.4) is 0 Å². The lowest BCUT2D eigenvalue weighted by Crippen LogP contribution is -2.27. The van der Waals surface area contributed by atoms with Crippen LogP contribution in [0.1, 0.15) is 53.0 Å². The number of benzene rings is 2. The lowest BCUT2D eigenvalue weighted by molar-refractivity contribution is -0.124. The van der Waals surface area contributed by atoms with Crippen molar-refractivity contribution in [3.8, 4) is 11.6 Å². The standard InChI is InChI=1S/C28H26F2N4O3/c1-16(2)27(36)32-14-18-11-22(25(26(29)30)31-13-18)23(35)12-19-7-5-9-21-24(19)33-15-34-28(21)37-20-8-4-6-17(3)10-20/h4-11,13,15-16,26H,12,14H2,1-3H3,(H,32,36). The second-order valence-corrected chi connectivity index (χ2v) is 8.96. The van der Waals surface area contributed by atoms with E-state index in [2.05, 4.69) is 20.3 Å². The van der Waals surface area contributed by atoms with Gasteiger partial charge in [0.05, 0.1) is 10.9 Å². The largest absolute Gasteiger partial charge is 0.438 e. The first-order chi connectivity index (χ1) is 17.7. The molecule has 0 spiro atoms. The molecule has 0 aliphatic rings. The Bertz CT molecular complexity index is 1460. The van der Waals surface area contributed by atoms with Gasteiger partial charge in [0, 0.05) is 30.6 Å². The predicted molar refractivity (Wildman–Crippen MR) is 135 cm³/mol. The van der Waals surface area contributed by atoms with Crippen molar-refractivity contribution >= 4 is 22.6 Å². The highest BCUT2D eigenvalue weighted by molar-refractivity contribution is 6.01. The van der Waals surface area contributed by atoms with E-state index < -0.39 is 17.9 Å². The van der Waals surface area contributed by atoms with Gasteiger partial charge >= 0.3 is 0 Å². The van der Waals surface area contributed by atoms with E-state index in [0.717, 1.165) is 5.56 Å². The molecule has 37 heavy (non-hydrogen) atoms. The number of carbonyl (C=O) groups excluding carboxylic acids is 2. The van der Waals surface area contributed by atoms with Gasteiger partial charge in [-0.15, -0.1) is 0 Å². The first-order valence-corrected chi connectivity index (χ1v) is 11.8. The van der Waals surface area contributed by atoms with Crippen LogP contribution in [0.2, 0.25) is 0 Å². The summed E-state index contributed by atoms with van der Waals surface area (Å²) in [6.07, 6.45) is -0.520. The fraction of sp³-hybridized carbons (Fsp3) is 0.250. The van der Waals surface area contributed by atoms with E-state index in [9.17, 15) is 18.4 Å². The molecule has 0 saturated heterocycles. The smallest absolute Gasteiger partial charge is 0.281 e. The van der Waals surface area contributed by atoms with E-state index in [-0.39, 0.29) is 30.4 Å². The number of nitrogens with zero attached hydrogens (tertiary/aromatic N) is 3. The van der Waals surface area contributed by atoms with Crippen molar-refractivity contribution in [1.82, 2.24) is 20.3 Å². The molecule has 0 atom stereocenters. The number of hydrogen-bond acceptors (Lipinski definition) is 6. The molecule has 0 unspecified atom stereocenters. The number of rotatable bonds is 9. The molecular weight excluding hydrogens is 478 g/mol. The Hall–Kier alpha value is -4.27. The van der Waals surface area contributed by atoms with Crippen LogP contribution >= 0.6 is 0 Å². The van der Waals surface area contributed by atoms with Gasteiger partial charge in [-0.1, -0.05) is 38.1 Å². The first kappa shape index (κ1) is 25.8.